The van der Waals surface area contributed by atoms with Crippen molar-refractivity contribution in [2.24, 2.45) is 0 Å². The van der Waals surface area contributed by atoms with Gasteiger partial charge in [0.25, 0.3) is 5.56 Å². The van der Waals surface area contributed by atoms with Gasteiger partial charge in [0.15, 0.2) is 0 Å². The van der Waals surface area contributed by atoms with Crippen molar-refractivity contribution in [2.45, 2.75) is 20.4 Å². The Labute approximate surface area is 141 Å². The number of aryl methyl sites for hydroxylation is 2. The van der Waals surface area contributed by atoms with Gasteiger partial charge >= 0.3 is 0 Å². The maximum atomic E-state index is 12.5. The second-order valence-electron chi connectivity index (χ2n) is 5.18. The molecule has 0 aliphatic heterocycles. The molecule has 2 aromatic heterocycles. The molecule has 7 heteroatoms. The third kappa shape index (κ3) is 3.28. The lowest BCUT2D eigenvalue weighted by Crippen LogP contribution is -2.29. The quantitative estimate of drug-likeness (QED) is 0.790. The molecule has 3 rings (SSSR count). The predicted molar refractivity (Wildman–Crippen MR) is 93.4 cm³/mol. The van der Waals surface area contributed by atoms with Gasteiger partial charge in [-0.25, -0.2) is 4.98 Å². The van der Waals surface area contributed by atoms with E-state index in [9.17, 15) is 9.59 Å². The van der Waals surface area contributed by atoms with E-state index in [1.807, 2.05) is 6.92 Å². The summed E-state index contributed by atoms with van der Waals surface area (Å²) in [6.45, 7) is 3.56. The first-order valence-electron chi connectivity index (χ1n) is 6.97. The highest BCUT2D eigenvalue weighted by atomic mass is 35.5. The second kappa shape index (κ2) is 6.14. The van der Waals surface area contributed by atoms with Crippen molar-refractivity contribution in [2.75, 3.05) is 5.32 Å². The molecule has 1 N–H and O–H groups in total. The molecule has 0 radical (unpaired) electrons. The number of carbonyl (C=O) groups is 1. The molecule has 1 amide bonds. The van der Waals surface area contributed by atoms with Crippen LogP contribution >= 0.6 is 22.9 Å². The van der Waals surface area contributed by atoms with Gasteiger partial charge in [-0.1, -0.05) is 17.7 Å². The number of hydrogen-bond donors (Lipinski definition) is 1. The topological polar surface area (TPSA) is 64.0 Å². The van der Waals surface area contributed by atoms with Crippen LogP contribution in [0.5, 0.6) is 0 Å². The Morgan fingerprint density at radius 2 is 2.13 bits per heavy atom. The summed E-state index contributed by atoms with van der Waals surface area (Å²) in [5.74, 6) is 0.219. The molecule has 0 bridgehead atoms. The molecule has 3 aromatic rings. The van der Waals surface area contributed by atoms with Gasteiger partial charge in [0.1, 0.15) is 17.2 Å². The maximum absolute atomic E-state index is 12.5. The average Bonchev–Trinajstić information content (AvgIpc) is 2.84. The Balaban J connectivity index is 1.89. The molecule has 0 aliphatic carbocycles. The number of anilines is 1. The van der Waals surface area contributed by atoms with Crippen LogP contribution in [-0.2, 0) is 11.3 Å². The minimum Gasteiger partial charge on any atom is -0.324 e. The Morgan fingerprint density at radius 1 is 1.35 bits per heavy atom. The van der Waals surface area contributed by atoms with Crippen LogP contribution in [0.25, 0.3) is 10.2 Å². The molecule has 2 heterocycles. The molecular weight excluding hydrogens is 334 g/mol. The molecule has 0 unspecified atom stereocenters. The molecule has 0 aliphatic rings. The van der Waals surface area contributed by atoms with E-state index >= 15 is 0 Å². The molecule has 0 saturated carbocycles. The molecule has 1 aromatic carbocycles. The average molecular weight is 348 g/mol. The number of aromatic nitrogens is 2. The fourth-order valence-corrected chi connectivity index (χ4v) is 3.44. The zero-order chi connectivity index (χ0) is 16.6. The lowest BCUT2D eigenvalue weighted by atomic mass is 10.3. The number of fused-ring (bicyclic) bond motifs is 1. The largest absolute Gasteiger partial charge is 0.324 e. The van der Waals surface area contributed by atoms with E-state index in [1.54, 1.807) is 37.3 Å². The molecule has 23 heavy (non-hydrogen) atoms. The highest BCUT2D eigenvalue weighted by Crippen LogP contribution is 2.20. The van der Waals surface area contributed by atoms with Crippen molar-refractivity contribution in [3.63, 3.8) is 0 Å². The van der Waals surface area contributed by atoms with Crippen LogP contribution in [0, 0.1) is 13.8 Å². The SMILES string of the molecule is Cc1cc2c(=O)n(CC(=O)Nc3cccc(Cl)c3)c(C)nc2s1. The maximum Gasteiger partial charge on any atom is 0.262 e. The Hall–Kier alpha value is -2.18. The molecule has 118 valence electrons. The fourth-order valence-electron chi connectivity index (χ4n) is 2.33. The smallest absolute Gasteiger partial charge is 0.262 e. The van der Waals surface area contributed by atoms with Crippen LogP contribution in [0.15, 0.2) is 35.1 Å². The third-order valence-electron chi connectivity index (χ3n) is 3.38. The second-order valence-corrected chi connectivity index (χ2v) is 6.86. The summed E-state index contributed by atoms with van der Waals surface area (Å²) in [5, 5.41) is 3.82. The summed E-state index contributed by atoms with van der Waals surface area (Å²) in [6, 6.07) is 8.67. The van der Waals surface area contributed by atoms with E-state index in [4.69, 9.17) is 11.6 Å². The number of thiophene rings is 1. The van der Waals surface area contributed by atoms with Gasteiger partial charge in [-0.2, -0.15) is 0 Å². The molecular formula is C16H14ClN3O2S. The van der Waals surface area contributed by atoms with Crippen molar-refractivity contribution in [1.82, 2.24) is 9.55 Å². The van der Waals surface area contributed by atoms with Crippen LogP contribution in [0.1, 0.15) is 10.7 Å². The number of hydrogen-bond acceptors (Lipinski definition) is 4. The minimum atomic E-state index is -0.300. The molecule has 0 fully saturated rings. The standard InChI is InChI=1S/C16H14ClN3O2S/c1-9-6-13-15(23-9)18-10(2)20(16(13)22)8-14(21)19-12-5-3-4-11(17)7-12/h3-7H,8H2,1-2H3,(H,19,21). The van der Waals surface area contributed by atoms with Crippen LogP contribution < -0.4 is 10.9 Å². The molecule has 0 spiro atoms. The zero-order valence-corrected chi connectivity index (χ0v) is 14.2. The molecule has 0 saturated heterocycles. The normalized spacial score (nSPS) is 10.9. The summed E-state index contributed by atoms with van der Waals surface area (Å²) in [5.41, 5.74) is 0.395. The lowest BCUT2D eigenvalue weighted by Gasteiger charge is -2.10. The van der Waals surface area contributed by atoms with Gasteiger partial charge < -0.3 is 5.32 Å². The van der Waals surface area contributed by atoms with E-state index in [0.717, 1.165) is 4.88 Å². The van der Waals surface area contributed by atoms with E-state index in [-0.39, 0.29) is 18.0 Å². The Morgan fingerprint density at radius 3 is 2.87 bits per heavy atom. The van der Waals surface area contributed by atoms with Crippen LogP contribution in [-0.4, -0.2) is 15.5 Å². The van der Waals surface area contributed by atoms with Crippen molar-refractivity contribution in [1.29, 1.82) is 0 Å². The first-order chi connectivity index (χ1) is 10.9. The number of benzene rings is 1. The number of amides is 1. The van der Waals surface area contributed by atoms with Gasteiger partial charge in [-0.15, -0.1) is 11.3 Å². The fraction of sp³-hybridized carbons (Fsp3) is 0.188. The van der Waals surface area contributed by atoms with Crippen molar-refractivity contribution >= 4 is 44.7 Å². The summed E-state index contributed by atoms with van der Waals surface area (Å²) < 4.78 is 1.38. The van der Waals surface area contributed by atoms with Crippen LogP contribution in [0.4, 0.5) is 5.69 Å². The van der Waals surface area contributed by atoms with E-state index in [1.165, 1.54) is 15.9 Å². The summed E-state index contributed by atoms with van der Waals surface area (Å²) in [6.07, 6.45) is 0. The number of nitrogens with zero attached hydrogens (tertiary/aromatic N) is 2. The summed E-state index contributed by atoms with van der Waals surface area (Å²) in [4.78, 5) is 30.9. The minimum absolute atomic E-state index is 0.0883. The number of halogens is 1. The lowest BCUT2D eigenvalue weighted by molar-refractivity contribution is -0.116. The number of nitrogens with one attached hydrogen (secondary N) is 1. The van der Waals surface area contributed by atoms with Gasteiger partial charge in [-0.3, -0.25) is 14.2 Å². The van der Waals surface area contributed by atoms with Gasteiger partial charge in [0, 0.05) is 15.6 Å². The van der Waals surface area contributed by atoms with E-state index < -0.39 is 0 Å². The van der Waals surface area contributed by atoms with E-state index in [2.05, 4.69) is 10.3 Å². The van der Waals surface area contributed by atoms with Crippen LogP contribution in [0.2, 0.25) is 5.02 Å². The highest BCUT2D eigenvalue weighted by Gasteiger charge is 2.13. The van der Waals surface area contributed by atoms with Gasteiger partial charge in [-0.05, 0) is 38.1 Å². The first kappa shape index (κ1) is 15.7. The summed E-state index contributed by atoms with van der Waals surface area (Å²) in [7, 11) is 0. The van der Waals surface area contributed by atoms with Gasteiger partial charge in [0.05, 0.1) is 5.39 Å². The van der Waals surface area contributed by atoms with Crippen molar-refractivity contribution in [3.05, 3.63) is 56.4 Å². The predicted octanol–water partition coefficient (Wildman–Crippen LogP) is 3.37. The van der Waals surface area contributed by atoms with Crippen molar-refractivity contribution < 1.29 is 4.79 Å². The number of carbonyl (C=O) groups excluding carboxylic acids is 1. The first-order valence-corrected chi connectivity index (χ1v) is 8.16. The Bertz CT molecular complexity index is 962. The monoisotopic (exact) mass is 347 g/mol. The number of rotatable bonds is 3. The molecule has 5 nitrogen and oxygen atoms in total. The highest BCUT2D eigenvalue weighted by molar-refractivity contribution is 7.18. The molecule has 0 atom stereocenters. The van der Waals surface area contributed by atoms with Gasteiger partial charge in [0.2, 0.25) is 5.91 Å². The third-order valence-corrected chi connectivity index (χ3v) is 4.55. The Kier molecular flexibility index (Phi) is 4.19. The van der Waals surface area contributed by atoms with Crippen LogP contribution in [0.3, 0.4) is 0 Å². The zero-order valence-electron chi connectivity index (χ0n) is 12.6. The summed E-state index contributed by atoms with van der Waals surface area (Å²) >= 11 is 7.36. The van der Waals surface area contributed by atoms with E-state index in [0.29, 0.717) is 26.8 Å². The van der Waals surface area contributed by atoms with Crippen molar-refractivity contribution in [3.8, 4) is 0 Å².